The van der Waals surface area contributed by atoms with Gasteiger partial charge in [0.05, 0.1) is 0 Å². The fourth-order valence-corrected chi connectivity index (χ4v) is 3.09. The minimum Gasteiger partial charge on any atom is -0.360 e. The van der Waals surface area contributed by atoms with Crippen molar-refractivity contribution < 1.29 is 8.78 Å². The highest BCUT2D eigenvalue weighted by Gasteiger charge is 2.09. The van der Waals surface area contributed by atoms with E-state index in [0.717, 1.165) is 22.1 Å². The van der Waals surface area contributed by atoms with E-state index in [1.807, 2.05) is 6.92 Å². The van der Waals surface area contributed by atoms with E-state index in [0.29, 0.717) is 11.3 Å². The molecule has 0 bridgehead atoms. The largest absolute Gasteiger partial charge is 0.360 e. The molecule has 0 radical (unpaired) electrons. The average molecular weight is 287 g/mol. The van der Waals surface area contributed by atoms with Crippen molar-refractivity contribution in [3.05, 3.63) is 35.4 Å². The standard InChI is InChI=1S/C11H11F2N3S2/c1-2-14-10-15-16-11(18-10)17-6-7-4-3-5-8(12)9(7)13/h3-5H,2,6H2,1H3,(H,14,15). The van der Waals surface area contributed by atoms with E-state index in [1.54, 1.807) is 6.07 Å². The number of aromatic nitrogens is 2. The smallest absolute Gasteiger partial charge is 0.206 e. The van der Waals surface area contributed by atoms with Gasteiger partial charge in [0.15, 0.2) is 16.0 Å². The van der Waals surface area contributed by atoms with Crippen molar-refractivity contribution in [1.29, 1.82) is 0 Å². The number of halogens is 2. The first kappa shape index (κ1) is 13.2. The molecule has 0 fully saturated rings. The first-order valence-electron chi connectivity index (χ1n) is 5.33. The lowest BCUT2D eigenvalue weighted by Crippen LogP contribution is -1.94. The molecule has 18 heavy (non-hydrogen) atoms. The Labute approximate surface area is 112 Å². The zero-order valence-electron chi connectivity index (χ0n) is 9.61. The van der Waals surface area contributed by atoms with Crippen molar-refractivity contribution in [2.24, 2.45) is 0 Å². The molecule has 1 N–H and O–H groups in total. The molecule has 1 aromatic heterocycles. The number of hydrogen-bond acceptors (Lipinski definition) is 5. The monoisotopic (exact) mass is 287 g/mol. The maximum Gasteiger partial charge on any atom is 0.206 e. The summed E-state index contributed by atoms with van der Waals surface area (Å²) in [5, 5.41) is 11.7. The minimum absolute atomic E-state index is 0.334. The quantitative estimate of drug-likeness (QED) is 0.854. The molecule has 0 aliphatic heterocycles. The summed E-state index contributed by atoms with van der Waals surface area (Å²) in [5.74, 6) is -1.27. The lowest BCUT2D eigenvalue weighted by Gasteiger charge is -2.01. The zero-order valence-corrected chi connectivity index (χ0v) is 11.2. The maximum atomic E-state index is 13.4. The molecule has 0 saturated heterocycles. The van der Waals surface area contributed by atoms with Crippen molar-refractivity contribution in [1.82, 2.24) is 10.2 Å². The molecule has 96 valence electrons. The van der Waals surface area contributed by atoms with Gasteiger partial charge in [-0.05, 0) is 13.0 Å². The van der Waals surface area contributed by atoms with Crippen LogP contribution in [0, 0.1) is 11.6 Å². The predicted molar refractivity (Wildman–Crippen MR) is 70.0 cm³/mol. The first-order chi connectivity index (χ1) is 8.70. The van der Waals surface area contributed by atoms with E-state index in [4.69, 9.17) is 0 Å². The van der Waals surface area contributed by atoms with Gasteiger partial charge < -0.3 is 5.32 Å². The zero-order chi connectivity index (χ0) is 13.0. The Balaban J connectivity index is 2.00. The molecule has 0 unspecified atom stereocenters. The number of benzene rings is 1. The average Bonchev–Trinajstić information content (AvgIpc) is 2.79. The summed E-state index contributed by atoms with van der Waals surface area (Å²) >= 11 is 2.74. The van der Waals surface area contributed by atoms with Crippen LogP contribution >= 0.6 is 23.1 Å². The van der Waals surface area contributed by atoms with Gasteiger partial charge in [-0.15, -0.1) is 10.2 Å². The van der Waals surface area contributed by atoms with Crippen LogP contribution in [-0.4, -0.2) is 16.7 Å². The Bertz CT molecular complexity index is 531. The Hall–Kier alpha value is -1.21. The van der Waals surface area contributed by atoms with Crippen molar-refractivity contribution in [3.8, 4) is 0 Å². The molecule has 1 aromatic carbocycles. The van der Waals surface area contributed by atoms with Crippen LogP contribution < -0.4 is 5.32 Å². The number of rotatable bonds is 5. The topological polar surface area (TPSA) is 37.8 Å². The number of hydrogen-bond donors (Lipinski definition) is 1. The van der Waals surface area contributed by atoms with Gasteiger partial charge in [-0.25, -0.2) is 8.78 Å². The molecular weight excluding hydrogens is 276 g/mol. The number of nitrogens with one attached hydrogen (secondary N) is 1. The van der Waals surface area contributed by atoms with Gasteiger partial charge in [0.25, 0.3) is 0 Å². The van der Waals surface area contributed by atoms with E-state index in [9.17, 15) is 8.78 Å². The van der Waals surface area contributed by atoms with E-state index in [1.165, 1.54) is 29.2 Å². The fourth-order valence-electron chi connectivity index (χ4n) is 1.29. The second-order valence-corrected chi connectivity index (χ2v) is 5.61. The Morgan fingerprint density at radius 1 is 1.33 bits per heavy atom. The van der Waals surface area contributed by atoms with Crippen LogP contribution in [0.2, 0.25) is 0 Å². The molecule has 0 aliphatic carbocycles. The van der Waals surface area contributed by atoms with Crippen LogP contribution in [0.1, 0.15) is 12.5 Å². The molecule has 3 nitrogen and oxygen atoms in total. The summed E-state index contributed by atoms with van der Waals surface area (Å²) in [6.45, 7) is 2.74. The molecule has 0 atom stereocenters. The van der Waals surface area contributed by atoms with Gasteiger partial charge in [-0.3, -0.25) is 0 Å². The van der Waals surface area contributed by atoms with E-state index in [-0.39, 0.29) is 0 Å². The molecule has 7 heteroatoms. The van der Waals surface area contributed by atoms with Crippen LogP contribution in [0.25, 0.3) is 0 Å². The Morgan fingerprint density at radius 2 is 2.17 bits per heavy atom. The predicted octanol–water partition coefficient (Wildman–Crippen LogP) is 3.54. The molecule has 0 saturated carbocycles. The second kappa shape index (κ2) is 6.10. The normalized spacial score (nSPS) is 10.6. The van der Waals surface area contributed by atoms with Gasteiger partial charge in [0, 0.05) is 17.9 Å². The highest BCUT2D eigenvalue weighted by Crippen LogP contribution is 2.29. The molecule has 0 spiro atoms. The van der Waals surface area contributed by atoms with Crippen molar-refractivity contribution in [2.75, 3.05) is 11.9 Å². The summed E-state index contributed by atoms with van der Waals surface area (Å²) in [7, 11) is 0. The first-order valence-corrected chi connectivity index (χ1v) is 7.14. The lowest BCUT2D eigenvalue weighted by atomic mass is 10.2. The van der Waals surface area contributed by atoms with E-state index < -0.39 is 11.6 Å². The van der Waals surface area contributed by atoms with Crippen LogP contribution in [0.15, 0.2) is 22.5 Å². The van der Waals surface area contributed by atoms with Crippen LogP contribution in [0.3, 0.4) is 0 Å². The SMILES string of the molecule is CCNc1nnc(SCc2cccc(F)c2F)s1. The number of thioether (sulfide) groups is 1. The summed E-state index contributed by atoms with van der Waals surface area (Å²) in [6.07, 6.45) is 0. The molecule has 2 rings (SSSR count). The summed E-state index contributed by atoms with van der Waals surface area (Å²) in [4.78, 5) is 0. The highest BCUT2D eigenvalue weighted by atomic mass is 32.2. The maximum absolute atomic E-state index is 13.4. The second-order valence-electron chi connectivity index (χ2n) is 3.41. The van der Waals surface area contributed by atoms with Crippen molar-refractivity contribution in [2.45, 2.75) is 17.0 Å². The van der Waals surface area contributed by atoms with E-state index in [2.05, 4.69) is 15.5 Å². The van der Waals surface area contributed by atoms with Gasteiger partial charge in [-0.2, -0.15) is 0 Å². The van der Waals surface area contributed by atoms with Crippen LogP contribution in [0.5, 0.6) is 0 Å². The molecule has 1 heterocycles. The third kappa shape index (κ3) is 3.17. The fraction of sp³-hybridized carbons (Fsp3) is 0.273. The van der Waals surface area contributed by atoms with Gasteiger partial charge in [0.1, 0.15) is 0 Å². The van der Waals surface area contributed by atoms with Crippen molar-refractivity contribution in [3.63, 3.8) is 0 Å². The van der Waals surface area contributed by atoms with Crippen LogP contribution in [0.4, 0.5) is 13.9 Å². The van der Waals surface area contributed by atoms with E-state index >= 15 is 0 Å². The molecule has 2 aromatic rings. The minimum atomic E-state index is -0.821. The lowest BCUT2D eigenvalue weighted by molar-refractivity contribution is 0.502. The molecule has 0 amide bonds. The Morgan fingerprint density at radius 3 is 2.94 bits per heavy atom. The number of anilines is 1. The summed E-state index contributed by atoms with van der Waals surface area (Å²) in [5.41, 5.74) is 0.334. The highest BCUT2D eigenvalue weighted by molar-refractivity contribution is 8.00. The van der Waals surface area contributed by atoms with Gasteiger partial charge in [-0.1, -0.05) is 35.2 Å². The van der Waals surface area contributed by atoms with Crippen molar-refractivity contribution >= 4 is 28.2 Å². The van der Waals surface area contributed by atoms with Gasteiger partial charge in [0.2, 0.25) is 5.13 Å². The van der Waals surface area contributed by atoms with Crippen LogP contribution in [-0.2, 0) is 5.75 Å². The Kier molecular flexibility index (Phi) is 4.48. The van der Waals surface area contributed by atoms with Gasteiger partial charge >= 0.3 is 0 Å². The molecule has 0 aliphatic rings. The third-order valence-electron chi connectivity index (χ3n) is 2.12. The number of nitrogens with zero attached hydrogens (tertiary/aromatic N) is 2. The molecular formula is C11H11F2N3S2. The summed E-state index contributed by atoms with van der Waals surface area (Å²) < 4.78 is 27.1. The summed E-state index contributed by atoms with van der Waals surface area (Å²) in [6, 6.07) is 4.17. The third-order valence-corrected chi connectivity index (χ3v) is 4.18.